The second-order valence-corrected chi connectivity index (χ2v) is 2.63. The summed E-state index contributed by atoms with van der Waals surface area (Å²) in [5.74, 6) is 0. The third kappa shape index (κ3) is 3.73. The molecule has 0 spiro atoms. The van der Waals surface area contributed by atoms with Gasteiger partial charge in [0, 0.05) is 12.3 Å². The predicted octanol–water partition coefficient (Wildman–Crippen LogP) is 2.97. The Morgan fingerprint density at radius 1 is 1.38 bits per heavy atom. The molecule has 0 atom stereocenters. The van der Waals surface area contributed by atoms with Gasteiger partial charge in [0.15, 0.2) is 0 Å². The molecular formula is C9H8F3N. The Labute approximate surface area is 73.9 Å². The normalized spacial score (nSPS) is 12.3. The van der Waals surface area contributed by atoms with Crippen LogP contribution in [0.5, 0.6) is 0 Å². The van der Waals surface area contributed by atoms with Crippen LogP contribution in [0.1, 0.15) is 11.3 Å². The second-order valence-electron chi connectivity index (χ2n) is 2.63. The molecule has 1 heterocycles. The second kappa shape index (κ2) is 3.60. The largest absolute Gasteiger partial charge is 0.409 e. The summed E-state index contributed by atoms with van der Waals surface area (Å²) >= 11 is 0. The highest BCUT2D eigenvalue weighted by Gasteiger charge is 2.21. The molecule has 0 aliphatic rings. The van der Waals surface area contributed by atoms with Gasteiger partial charge in [-0.25, -0.2) is 0 Å². The molecule has 0 bridgehead atoms. The molecule has 0 amide bonds. The van der Waals surface area contributed by atoms with Crippen molar-refractivity contribution in [3.8, 4) is 0 Å². The van der Waals surface area contributed by atoms with Crippen molar-refractivity contribution in [3.05, 3.63) is 35.7 Å². The van der Waals surface area contributed by atoms with Crippen molar-refractivity contribution < 1.29 is 13.2 Å². The molecule has 4 heteroatoms. The van der Waals surface area contributed by atoms with E-state index < -0.39 is 6.18 Å². The van der Waals surface area contributed by atoms with Crippen molar-refractivity contribution in [1.82, 2.24) is 4.98 Å². The molecule has 0 aliphatic carbocycles. The van der Waals surface area contributed by atoms with Crippen LogP contribution in [0.2, 0.25) is 0 Å². The first-order valence-corrected chi connectivity index (χ1v) is 3.66. The maximum atomic E-state index is 11.7. The van der Waals surface area contributed by atoms with Crippen LogP contribution in [-0.4, -0.2) is 11.2 Å². The van der Waals surface area contributed by atoms with Gasteiger partial charge >= 0.3 is 6.18 Å². The lowest BCUT2D eigenvalue weighted by molar-refractivity contribution is -0.0790. The van der Waals surface area contributed by atoms with Crippen LogP contribution >= 0.6 is 0 Å². The van der Waals surface area contributed by atoms with E-state index in [2.05, 4.69) is 4.98 Å². The monoisotopic (exact) mass is 187 g/mol. The zero-order valence-corrected chi connectivity index (χ0v) is 6.97. The van der Waals surface area contributed by atoms with Crippen molar-refractivity contribution in [1.29, 1.82) is 0 Å². The number of halogens is 3. The molecule has 13 heavy (non-hydrogen) atoms. The Morgan fingerprint density at radius 3 is 2.62 bits per heavy atom. The zero-order chi connectivity index (χ0) is 9.90. The molecule has 70 valence electrons. The Morgan fingerprint density at radius 2 is 2.08 bits per heavy atom. The summed E-state index contributed by atoms with van der Waals surface area (Å²) in [6, 6.07) is 3.31. The minimum Gasteiger partial charge on any atom is -0.257 e. The molecular weight excluding hydrogens is 179 g/mol. The number of allylic oxidation sites excluding steroid dienone is 1. The first kappa shape index (κ1) is 9.77. The van der Waals surface area contributed by atoms with Gasteiger partial charge in [-0.1, -0.05) is 0 Å². The maximum Gasteiger partial charge on any atom is 0.409 e. The van der Waals surface area contributed by atoms with Crippen LogP contribution in [-0.2, 0) is 0 Å². The number of hydrogen-bond donors (Lipinski definition) is 0. The third-order valence-corrected chi connectivity index (χ3v) is 1.38. The summed E-state index contributed by atoms with van der Waals surface area (Å²) in [6.07, 6.45) is -1.67. The molecule has 0 N–H and O–H groups in total. The van der Waals surface area contributed by atoms with Crippen LogP contribution in [0.3, 0.4) is 0 Å². The first-order chi connectivity index (χ1) is 5.97. The average molecular weight is 187 g/mol. The number of aromatic nitrogens is 1. The Hall–Kier alpha value is -1.32. The standard InChI is InChI=1S/C9H8F3N/c1-7-3-5-13-8(6-7)2-4-9(10,11)12/h2-6H,1H3/b4-2+. The molecule has 1 aromatic heterocycles. The summed E-state index contributed by atoms with van der Waals surface area (Å²) in [5.41, 5.74) is 1.20. The molecule has 0 saturated heterocycles. The zero-order valence-electron chi connectivity index (χ0n) is 6.97. The van der Waals surface area contributed by atoms with Crippen molar-refractivity contribution >= 4 is 6.08 Å². The summed E-state index contributed by atoms with van der Waals surface area (Å²) < 4.78 is 35.2. The fraction of sp³-hybridized carbons (Fsp3) is 0.222. The number of alkyl halides is 3. The molecule has 0 radical (unpaired) electrons. The first-order valence-electron chi connectivity index (χ1n) is 3.66. The number of nitrogens with zero attached hydrogens (tertiary/aromatic N) is 1. The van der Waals surface area contributed by atoms with Gasteiger partial charge in [-0.15, -0.1) is 0 Å². The molecule has 0 aliphatic heterocycles. The lowest BCUT2D eigenvalue weighted by Gasteiger charge is -1.98. The third-order valence-electron chi connectivity index (χ3n) is 1.38. The summed E-state index contributed by atoms with van der Waals surface area (Å²) in [6.45, 7) is 1.80. The van der Waals surface area contributed by atoms with Gasteiger partial charge in [0.25, 0.3) is 0 Å². The number of pyridine rings is 1. The molecule has 0 aromatic carbocycles. The quantitative estimate of drug-likeness (QED) is 0.658. The Balaban J connectivity index is 2.80. The van der Waals surface area contributed by atoms with E-state index in [0.29, 0.717) is 5.69 Å². The van der Waals surface area contributed by atoms with E-state index in [-0.39, 0.29) is 6.08 Å². The van der Waals surface area contributed by atoms with Gasteiger partial charge in [0.1, 0.15) is 0 Å². The van der Waals surface area contributed by atoms with E-state index in [4.69, 9.17) is 0 Å². The van der Waals surface area contributed by atoms with Gasteiger partial charge in [-0.2, -0.15) is 13.2 Å². The van der Waals surface area contributed by atoms with Crippen molar-refractivity contribution in [2.24, 2.45) is 0 Å². The summed E-state index contributed by atoms with van der Waals surface area (Å²) in [7, 11) is 0. The van der Waals surface area contributed by atoms with Gasteiger partial charge in [0.2, 0.25) is 0 Å². The number of rotatable bonds is 1. The Kier molecular flexibility index (Phi) is 2.70. The van der Waals surface area contributed by atoms with E-state index >= 15 is 0 Å². The van der Waals surface area contributed by atoms with Crippen LogP contribution in [0.25, 0.3) is 6.08 Å². The van der Waals surface area contributed by atoms with E-state index in [1.807, 2.05) is 0 Å². The fourth-order valence-electron chi connectivity index (χ4n) is 0.831. The van der Waals surface area contributed by atoms with E-state index in [0.717, 1.165) is 11.6 Å². The van der Waals surface area contributed by atoms with Crippen LogP contribution in [0.4, 0.5) is 13.2 Å². The van der Waals surface area contributed by atoms with Crippen molar-refractivity contribution in [3.63, 3.8) is 0 Å². The van der Waals surface area contributed by atoms with Crippen molar-refractivity contribution in [2.75, 3.05) is 0 Å². The topological polar surface area (TPSA) is 12.9 Å². The number of aryl methyl sites for hydroxylation is 1. The molecule has 0 fully saturated rings. The van der Waals surface area contributed by atoms with Gasteiger partial charge in [0.05, 0.1) is 5.69 Å². The molecule has 1 rings (SSSR count). The highest BCUT2D eigenvalue weighted by Crippen LogP contribution is 2.17. The lowest BCUT2D eigenvalue weighted by Crippen LogP contribution is -2.00. The maximum absolute atomic E-state index is 11.7. The molecule has 0 saturated carbocycles. The van der Waals surface area contributed by atoms with E-state index in [1.54, 1.807) is 19.1 Å². The smallest absolute Gasteiger partial charge is 0.257 e. The van der Waals surface area contributed by atoms with Gasteiger partial charge in [-0.3, -0.25) is 4.98 Å². The Bertz CT molecular complexity index is 315. The summed E-state index contributed by atoms with van der Waals surface area (Å²) in [4.78, 5) is 3.76. The van der Waals surface area contributed by atoms with Crippen LogP contribution in [0, 0.1) is 6.92 Å². The molecule has 1 aromatic rings. The highest BCUT2D eigenvalue weighted by atomic mass is 19.4. The van der Waals surface area contributed by atoms with Crippen LogP contribution in [0.15, 0.2) is 24.4 Å². The van der Waals surface area contributed by atoms with E-state index in [1.165, 1.54) is 6.20 Å². The number of hydrogen-bond acceptors (Lipinski definition) is 1. The fourth-order valence-corrected chi connectivity index (χ4v) is 0.831. The SMILES string of the molecule is Cc1ccnc(/C=C/C(F)(F)F)c1. The minimum absolute atomic E-state index is 0.175. The lowest BCUT2D eigenvalue weighted by atomic mass is 10.2. The summed E-state index contributed by atoms with van der Waals surface area (Å²) in [5, 5.41) is 0. The molecule has 0 unspecified atom stereocenters. The van der Waals surface area contributed by atoms with Crippen LogP contribution < -0.4 is 0 Å². The highest BCUT2D eigenvalue weighted by molar-refractivity contribution is 5.45. The predicted molar refractivity (Wildman–Crippen MR) is 44.1 cm³/mol. The average Bonchev–Trinajstić information content (AvgIpc) is 2.00. The molecule has 1 nitrogen and oxygen atoms in total. The van der Waals surface area contributed by atoms with E-state index in [9.17, 15) is 13.2 Å². The minimum atomic E-state index is -4.27. The van der Waals surface area contributed by atoms with Gasteiger partial charge in [-0.05, 0) is 30.7 Å². The van der Waals surface area contributed by atoms with Crippen molar-refractivity contribution in [2.45, 2.75) is 13.1 Å². The van der Waals surface area contributed by atoms with Gasteiger partial charge < -0.3 is 0 Å².